The molecule has 14 heavy (non-hydrogen) atoms. The van der Waals surface area contributed by atoms with Crippen LogP contribution < -0.4 is 0 Å². The third-order valence-corrected chi connectivity index (χ3v) is 2.01. The van der Waals surface area contributed by atoms with Crippen LogP contribution in [0.15, 0.2) is 17.0 Å². The summed E-state index contributed by atoms with van der Waals surface area (Å²) in [5, 5.41) is 18.0. The lowest BCUT2D eigenvalue weighted by Crippen LogP contribution is -2.02. The molecule has 0 bridgehead atoms. The van der Waals surface area contributed by atoms with Crippen molar-refractivity contribution in [1.82, 2.24) is 0 Å². The topological polar surface area (TPSA) is 70.3 Å². The van der Waals surface area contributed by atoms with Gasteiger partial charge in [0.2, 0.25) is 0 Å². The van der Waals surface area contributed by atoms with Gasteiger partial charge in [0.05, 0.1) is 12.7 Å². The summed E-state index contributed by atoms with van der Waals surface area (Å²) in [6, 6.07) is 4.30. The van der Waals surface area contributed by atoms with Crippen LogP contribution in [0, 0.1) is 11.3 Å². The Morgan fingerprint density at radius 2 is 2.29 bits per heavy atom. The maximum Gasteiger partial charge on any atom is 0.341 e. The van der Waals surface area contributed by atoms with E-state index in [2.05, 4.69) is 17.4 Å². The minimum atomic E-state index is -0.665. The van der Waals surface area contributed by atoms with Crippen molar-refractivity contribution >= 4 is 18.6 Å². The molecule has 0 aliphatic rings. The molecular weight excluding hydrogens is 202 g/mol. The van der Waals surface area contributed by atoms with E-state index in [4.69, 9.17) is 5.26 Å². The van der Waals surface area contributed by atoms with Gasteiger partial charge in [-0.2, -0.15) is 5.26 Å². The predicted molar refractivity (Wildman–Crippen MR) is 51.4 cm³/mol. The van der Waals surface area contributed by atoms with Crippen molar-refractivity contribution in [2.24, 2.45) is 0 Å². The molecule has 1 aromatic rings. The first kappa shape index (κ1) is 10.4. The summed E-state index contributed by atoms with van der Waals surface area (Å²) in [6.07, 6.45) is 0. The molecule has 0 aliphatic heterocycles. The van der Waals surface area contributed by atoms with Gasteiger partial charge in [-0.1, -0.05) is 0 Å². The van der Waals surface area contributed by atoms with E-state index in [9.17, 15) is 9.90 Å². The van der Waals surface area contributed by atoms with Gasteiger partial charge in [0, 0.05) is 4.90 Å². The maximum atomic E-state index is 11.1. The summed E-state index contributed by atoms with van der Waals surface area (Å²) in [5.41, 5.74) is 0.204. The van der Waals surface area contributed by atoms with Crippen molar-refractivity contribution in [3.63, 3.8) is 0 Å². The van der Waals surface area contributed by atoms with E-state index >= 15 is 0 Å². The number of esters is 1. The van der Waals surface area contributed by atoms with Crippen molar-refractivity contribution in [3.8, 4) is 11.8 Å². The number of hydrogen-bond donors (Lipinski definition) is 2. The van der Waals surface area contributed by atoms with Gasteiger partial charge in [0.1, 0.15) is 17.4 Å². The van der Waals surface area contributed by atoms with E-state index in [0.717, 1.165) is 0 Å². The number of ether oxygens (including phenoxy) is 1. The number of nitriles is 1. The SMILES string of the molecule is COC(=O)c1cc(S)c(C#N)cc1O. The lowest BCUT2D eigenvalue weighted by molar-refractivity contribution is 0.0597. The maximum absolute atomic E-state index is 11.1. The molecule has 0 spiro atoms. The smallest absolute Gasteiger partial charge is 0.341 e. The number of aromatic hydroxyl groups is 1. The highest BCUT2D eigenvalue weighted by molar-refractivity contribution is 7.80. The molecule has 4 nitrogen and oxygen atoms in total. The third-order valence-electron chi connectivity index (χ3n) is 1.64. The van der Waals surface area contributed by atoms with Crippen LogP contribution in [0.2, 0.25) is 0 Å². The zero-order chi connectivity index (χ0) is 10.7. The molecular formula is C9H7NO3S. The standard InChI is InChI=1S/C9H7NO3S/c1-13-9(12)6-3-8(14)5(4-10)2-7(6)11/h2-3,11,14H,1H3. The lowest BCUT2D eigenvalue weighted by atomic mass is 10.1. The Morgan fingerprint density at radius 1 is 1.64 bits per heavy atom. The first-order chi connectivity index (χ1) is 6.60. The molecule has 0 radical (unpaired) electrons. The molecule has 0 saturated carbocycles. The highest BCUT2D eigenvalue weighted by Gasteiger charge is 2.14. The van der Waals surface area contributed by atoms with E-state index in [1.807, 2.05) is 6.07 Å². The van der Waals surface area contributed by atoms with Crippen LogP contribution in [0.5, 0.6) is 5.75 Å². The molecule has 0 aromatic heterocycles. The molecule has 0 amide bonds. The summed E-state index contributed by atoms with van der Waals surface area (Å²) in [6.45, 7) is 0. The van der Waals surface area contributed by atoms with Gasteiger partial charge in [-0.05, 0) is 12.1 Å². The van der Waals surface area contributed by atoms with E-state index < -0.39 is 5.97 Å². The fourth-order valence-electron chi connectivity index (χ4n) is 0.940. The number of phenols is 1. The van der Waals surface area contributed by atoms with E-state index in [1.54, 1.807) is 0 Å². The van der Waals surface area contributed by atoms with E-state index in [-0.39, 0.29) is 16.9 Å². The van der Waals surface area contributed by atoms with Crippen LogP contribution in [0.3, 0.4) is 0 Å². The Hall–Kier alpha value is -1.67. The number of benzene rings is 1. The zero-order valence-electron chi connectivity index (χ0n) is 7.31. The normalized spacial score (nSPS) is 9.21. The fourth-order valence-corrected chi connectivity index (χ4v) is 1.18. The van der Waals surface area contributed by atoms with E-state index in [0.29, 0.717) is 4.90 Å². The number of carbonyl (C=O) groups is 1. The Bertz CT molecular complexity index is 423. The van der Waals surface area contributed by atoms with Gasteiger partial charge in [0.25, 0.3) is 0 Å². The average Bonchev–Trinajstić information content (AvgIpc) is 2.19. The van der Waals surface area contributed by atoms with Gasteiger partial charge in [-0.25, -0.2) is 4.79 Å². The highest BCUT2D eigenvalue weighted by Crippen LogP contribution is 2.24. The zero-order valence-corrected chi connectivity index (χ0v) is 8.21. The van der Waals surface area contributed by atoms with Gasteiger partial charge in [-0.3, -0.25) is 0 Å². The number of hydrogen-bond acceptors (Lipinski definition) is 5. The second-order valence-electron chi connectivity index (χ2n) is 2.49. The van der Waals surface area contributed by atoms with Crippen LogP contribution in [-0.2, 0) is 4.74 Å². The summed E-state index contributed by atoms with van der Waals surface area (Å²) < 4.78 is 4.43. The number of thiol groups is 1. The van der Waals surface area contributed by atoms with Crippen LogP contribution in [0.25, 0.3) is 0 Å². The molecule has 5 heteroatoms. The molecule has 0 aliphatic carbocycles. The highest BCUT2D eigenvalue weighted by atomic mass is 32.1. The van der Waals surface area contributed by atoms with Crippen LogP contribution in [0.4, 0.5) is 0 Å². The van der Waals surface area contributed by atoms with Gasteiger partial charge >= 0.3 is 5.97 Å². The Balaban J connectivity index is 3.30. The second kappa shape index (κ2) is 4.03. The number of methoxy groups -OCH3 is 1. The molecule has 1 aromatic carbocycles. The quantitative estimate of drug-likeness (QED) is 0.541. The third kappa shape index (κ3) is 1.80. The summed E-state index contributed by atoms with van der Waals surface area (Å²) in [4.78, 5) is 11.4. The minimum absolute atomic E-state index is 0.00324. The van der Waals surface area contributed by atoms with Crippen LogP contribution in [-0.4, -0.2) is 18.2 Å². The Morgan fingerprint density at radius 3 is 2.79 bits per heavy atom. The summed E-state index contributed by atoms with van der Waals surface area (Å²) in [5.74, 6) is -0.950. The molecule has 0 atom stereocenters. The number of carbonyl (C=O) groups excluding carboxylic acids is 1. The monoisotopic (exact) mass is 209 g/mol. The molecule has 0 fully saturated rings. The Kier molecular flexibility index (Phi) is 2.99. The number of rotatable bonds is 1. The minimum Gasteiger partial charge on any atom is -0.507 e. The molecule has 1 N–H and O–H groups in total. The van der Waals surface area contributed by atoms with Crippen molar-refractivity contribution in [2.45, 2.75) is 4.90 Å². The van der Waals surface area contributed by atoms with Crippen molar-refractivity contribution in [3.05, 3.63) is 23.3 Å². The second-order valence-corrected chi connectivity index (χ2v) is 2.97. The first-order valence-corrected chi connectivity index (χ1v) is 4.09. The molecule has 72 valence electrons. The van der Waals surface area contributed by atoms with Crippen molar-refractivity contribution < 1.29 is 14.6 Å². The average molecular weight is 209 g/mol. The summed E-state index contributed by atoms with van der Waals surface area (Å²) in [7, 11) is 1.21. The largest absolute Gasteiger partial charge is 0.507 e. The molecule has 0 unspecified atom stereocenters. The number of phenolic OH excluding ortho intramolecular Hbond substituents is 1. The predicted octanol–water partition coefficient (Wildman–Crippen LogP) is 1.34. The first-order valence-electron chi connectivity index (χ1n) is 3.64. The lowest BCUT2D eigenvalue weighted by Gasteiger charge is -2.04. The van der Waals surface area contributed by atoms with Gasteiger partial charge in [0.15, 0.2) is 0 Å². The molecule has 0 saturated heterocycles. The fraction of sp³-hybridized carbons (Fsp3) is 0.111. The van der Waals surface area contributed by atoms with Crippen molar-refractivity contribution in [1.29, 1.82) is 5.26 Å². The van der Waals surface area contributed by atoms with Crippen LogP contribution >= 0.6 is 12.6 Å². The Labute approximate surface area is 86.1 Å². The van der Waals surface area contributed by atoms with Crippen molar-refractivity contribution in [2.75, 3.05) is 7.11 Å². The molecule has 0 heterocycles. The van der Waals surface area contributed by atoms with Crippen LogP contribution in [0.1, 0.15) is 15.9 Å². The van der Waals surface area contributed by atoms with E-state index in [1.165, 1.54) is 19.2 Å². The van der Waals surface area contributed by atoms with Gasteiger partial charge < -0.3 is 9.84 Å². The van der Waals surface area contributed by atoms with Gasteiger partial charge in [-0.15, -0.1) is 12.6 Å². The molecule has 1 rings (SSSR count). The summed E-state index contributed by atoms with van der Waals surface area (Å²) >= 11 is 3.99. The number of nitrogens with zero attached hydrogens (tertiary/aromatic N) is 1.